The van der Waals surface area contributed by atoms with Crippen LogP contribution < -0.4 is 5.11 Å². The fourth-order valence-electron chi connectivity index (χ4n) is 10.1. The highest BCUT2D eigenvalue weighted by Gasteiger charge is 2.22. The molecule has 0 radical (unpaired) electrons. The predicted octanol–water partition coefficient (Wildman–Crippen LogP) is 21.8. The van der Waals surface area contributed by atoms with Crippen molar-refractivity contribution in [2.24, 2.45) is 0 Å². The number of esters is 2. The number of likely N-dealkylation sites (N-methyl/N-ethyl adjacent to an activating group) is 1. The summed E-state index contributed by atoms with van der Waals surface area (Å²) in [7, 11) is 5.92. The molecule has 0 aromatic heterocycles. The van der Waals surface area contributed by atoms with E-state index < -0.39 is 24.3 Å². The summed E-state index contributed by atoms with van der Waals surface area (Å²) in [5, 5.41) is 11.8. The van der Waals surface area contributed by atoms with Gasteiger partial charge in [0.25, 0.3) is 0 Å². The second-order valence-corrected chi connectivity index (χ2v) is 25.5. The van der Waals surface area contributed by atoms with Gasteiger partial charge in [-0.15, -0.1) is 0 Å². The van der Waals surface area contributed by atoms with E-state index in [2.05, 4.69) is 135 Å². The predicted molar refractivity (Wildman–Crippen MR) is 380 cm³/mol. The fraction of sp³-hybridized carbons (Fsp3) is 0.713. The van der Waals surface area contributed by atoms with Crippen molar-refractivity contribution in [3.8, 4) is 0 Å². The second kappa shape index (κ2) is 69.6. The third kappa shape index (κ3) is 71.0. The lowest BCUT2D eigenvalue weighted by Gasteiger charge is -2.26. The minimum atomic E-state index is -1.64. The average Bonchev–Trinajstić information content (AvgIpc) is 3.64. The van der Waals surface area contributed by atoms with Gasteiger partial charge in [0.05, 0.1) is 40.3 Å². The quantitative estimate of drug-likeness (QED) is 0.0195. The molecule has 0 aromatic rings. The Morgan fingerprint density at radius 3 is 0.978 bits per heavy atom. The minimum Gasteiger partial charge on any atom is -0.545 e. The van der Waals surface area contributed by atoms with Gasteiger partial charge in [-0.05, 0) is 109 Å². The van der Waals surface area contributed by atoms with Gasteiger partial charge in [0.1, 0.15) is 13.2 Å². The molecule has 0 spiro atoms. The van der Waals surface area contributed by atoms with Crippen LogP contribution in [0.1, 0.15) is 309 Å². The number of unbranched alkanes of at least 4 members (excludes halogenated alkanes) is 32. The van der Waals surface area contributed by atoms with Crippen molar-refractivity contribution in [1.82, 2.24) is 0 Å². The van der Waals surface area contributed by atoms with E-state index in [1.54, 1.807) is 0 Å². The van der Waals surface area contributed by atoms with E-state index in [0.717, 1.165) is 96.3 Å². The summed E-state index contributed by atoms with van der Waals surface area (Å²) >= 11 is 0. The molecule has 0 saturated heterocycles. The summed E-state index contributed by atoms with van der Waals surface area (Å²) in [6, 6.07) is 0. The molecule has 89 heavy (non-hydrogen) atoms. The number of hydrogen-bond acceptors (Lipinski definition) is 8. The first-order chi connectivity index (χ1) is 43.6. The molecular weight excluding hydrogens is 1100 g/mol. The van der Waals surface area contributed by atoms with E-state index >= 15 is 0 Å². The number of carboxylic acids is 1. The Kier molecular flexibility index (Phi) is 66.2. The lowest BCUT2D eigenvalue weighted by Crippen LogP contribution is -2.44. The molecule has 0 bridgehead atoms. The Morgan fingerprint density at radius 2 is 0.640 bits per heavy atom. The first-order valence-electron chi connectivity index (χ1n) is 36.7. The largest absolute Gasteiger partial charge is 0.545 e. The van der Waals surface area contributed by atoms with E-state index in [-0.39, 0.29) is 38.6 Å². The number of quaternary nitrogens is 1. The van der Waals surface area contributed by atoms with Crippen LogP contribution in [0, 0.1) is 0 Å². The van der Waals surface area contributed by atoms with Crippen LogP contribution in [-0.2, 0) is 33.3 Å². The Labute approximate surface area is 548 Å². The van der Waals surface area contributed by atoms with Crippen LogP contribution in [-0.4, -0.2) is 82.3 Å². The highest BCUT2D eigenvalue weighted by atomic mass is 16.7. The van der Waals surface area contributed by atoms with Crippen molar-refractivity contribution in [2.45, 2.75) is 322 Å². The zero-order chi connectivity index (χ0) is 64.7. The monoisotopic (exact) mass is 1240 g/mol. The maximum absolute atomic E-state index is 12.9. The van der Waals surface area contributed by atoms with Gasteiger partial charge in [-0.25, -0.2) is 0 Å². The summed E-state index contributed by atoms with van der Waals surface area (Å²) in [6.07, 6.45) is 95.9. The fourth-order valence-corrected chi connectivity index (χ4v) is 10.1. The molecule has 0 fully saturated rings. The summed E-state index contributed by atoms with van der Waals surface area (Å²) in [4.78, 5) is 37.5. The van der Waals surface area contributed by atoms with Gasteiger partial charge >= 0.3 is 11.9 Å². The number of carbonyl (C=O) groups is 3. The molecule has 9 heteroatoms. The number of carboxylic acid groups (broad SMARTS) is 1. The molecule has 0 amide bonds. The maximum Gasteiger partial charge on any atom is 0.306 e. The number of ether oxygens (including phenoxy) is 4. The molecule has 2 unspecified atom stereocenters. The molecule has 510 valence electrons. The van der Waals surface area contributed by atoms with Crippen LogP contribution in [0.2, 0.25) is 0 Å². The Hall–Kier alpha value is -4.31. The van der Waals surface area contributed by atoms with E-state index in [1.807, 2.05) is 21.1 Å². The van der Waals surface area contributed by atoms with Gasteiger partial charge in [-0.2, -0.15) is 0 Å². The summed E-state index contributed by atoms with van der Waals surface area (Å²) in [5.41, 5.74) is 0. The third-order valence-electron chi connectivity index (χ3n) is 15.7. The third-order valence-corrected chi connectivity index (χ3v) is 15.7. The Balaban J connectivity index is 4.16. The standard InChI is InChI=1S/C80H137NO8/c1-6-8-10-12-14-16-18-20-22-24-26-28-30-32-34-36-38-39-41-42-44-46-48-50-52-54-56-58-60-62-64-66-68-70-77(82)87-74-76(75-88-80(79(84)85)86-73-72-81(3,4)5)89-78(83)71-69-67-65-63-61-59-57-55-53-51-49-47-45-43-40-37-35-33-31-29-27-25-23-21-19-17-15-13-11-9-7-2/h9,11,15,17,21,23-24,26-27,29,33,35,40,43,47,49,53,55,59,61,76,80H,6-8,10,12-14,16,18-20,22,25,28,30-32,34,36-39,41-42,44-46,48,50-52,54,56-58,60,62-75H2,1-5H3/b11-9-,17-15-,23-21-,26-24-,29-27-,35-33-,43-40-,49-47-,55-53-,61-59-. The molecule has 0 rings (SSSR count). The summed E-state index contributed by atoms with van der Waals surface area (Å²) in [5.74, 6) is -2.33. The normalized spacial score (nSPS) is 13.4. The van der Waals surface area contributed by atoms with E-state index in [9.17, 15) is 19.5 Å². The number of hydrogen-bond donors (Lipinski definition) is 0. The Morgan fingerprint density at radius 1 is 0.348 bits per heavy atom. The van der Waals surface area contributed by atoms with Gasteiger partial charge in [0.2, 0.25) is 0 Å². The van der Waals surface area contributed by atoms with E-state index in [1.165, 1.54) is 180 Å². The van der Waals surface area contributed by atoms with Gasteiger partial charge in [-0.3, -0.25) is 9.59 Å². The van der Waals surface area contributed by atoms with Crippen molar-refractivity contribution in [3.63, 3.8) is 0 Å². The molecule has 0 aliphatic carbocycles. The number of rotatable bonds is 67. The smallest absolute Gasteiger partial charge is 0.306 e. The van der Waals surface area contributed by atoms with Gasteiger partial charge in [0.15, 0.2) is 12.4 Å². The highest BCUT2D eigenvalue weighted by molar-refractivity contribution is 5.70. The zero-order valence-electron chi connectivity index (χ0n) is 58.3. The van der Waals surface area contributed by atoms with Crippen LogP contribution in [0.15, 0.2) is 122 Å². The van der Waals surface area contributed by atoms with Crippen molar-refractivity contribution < 1.29 is 42.9 Å². The lowest BCUT2D eigenvalue weighted by atomic mass is 10.0. The lowest BCUT2D eigenvalue weighted by molar-refractivity contribution is -0.870. The van der Waals surface area contributed by atoms with Crippen LogP contribution in [0.5, 0.6) is 0 Å². The number of nitrogens with zero attached hydrogens (tertiary/aromatic N) is 1. The van der Waals surface area contributed by atoms with Crippen molar-refractivity contribution >= 4 is 17.9 Å². The molecule has 0 heterocycles. The van der Waals surface area contributed by atoms with Crippen LogP contribution >= 0.6 is 0 Å². The molecular formula is C80H137NO8. The molecule has 2 atom stereocenters. The topological polar surface area (TPSA) is 111 Å². The van der Waals surface area contributed by atoms with Crippen molar-refractivity contribution in [2.75, 3.05) is 47.5 Å². The molecule has 0 saturated carbocycles. The van der Waals surface area contributed by atoms with Crippen molar-refractivity contribution in [3.05, 3.63) is 122 Å². The van der Waals surface area contributed by atoms with E-state index in [0.29, 0.717) is 17.4 Å². The SMILES string of the molecule is CC/C=C\C/C=C\C/C=C\C/C=C\C/C=C\C/C=C\C/C=C\C/C=C\C/C=C\CCCCCC(=O)OC(COC(=O)CCCCCCCCCCCCCCCCCCCCCCC/C=C\CCCCCCCCCC)COC(OCC[N+](C)(C)C)C(=O)[O-]. The molecule has 0 aliphatic heterocycles. The van der Waals surface area contributed by atoms with Crippen molar-refractivity contribution in [1.29, 1.82) is 0 Å². The number of allylic oxidation sites excluding steroid dienone is 20. The van der Waals surface area contributed by atoms with Crippen LogP contribution in [0.3, 0.4) is 0 Å². The molecule has 0 aliphatic rings. The van der Waals surface area contributed by atoms with E-state index in [4.69, 9.17) is 18.9 Å². The van der Waals surface area contributed by atoms with Gasteiger partial charge in [0, 0.05) is 12.8 Å². The zero-order valence-corrected chi connectivity index (χ0v) is 58.3. The van der Waals surface area contributed by atoms with Crippen LogP contribution in [0.4, 0.5) is 0 Å². The van der Waals surface area contributed by atoms with Gasteiger partial charge < -0.3 is 33.3 Å². The highest BCUT2D eigenvalue weighted by Crippen LogP contribution is 2.17. The first-order valence-corrected chi connectivity index (χ1v) is 36.7. The van der Waals surface area contributed by atoms with Gasteiger partial charge in [-0.1, -0.05) is 309 Å². The second-order valence-electron chi connectivity index (χ2n) is 25.5. The van der Waals surface area contributed by atoms with Crippen LogP contribution in [0.25, 0.3) is 0 Å². The molecule has 9 nitrogen and oxygen atoms in total. The molecule has 0 N–H and O–H groups in total. The molecule has 0 aromatic carbocycles. The summed E-state index contributed by atoms with van der Waals surface area (Å²) in [6.45, 7) is 4.61. The Bertz CT molecular complexity index is 1880. The first kappa shape index (κ1) is 84.7. The average molecular weight is 1240 g/mol. The number of carbonyl (C=O) groups excluding carboxylic acids is 3. The summed E-state index contributed by atoms with van der Waals surface area (Å²) < 4.78 is 22.8. The number of aliphatic carboxylic acids is 1. The minimum absolute atomic E-state index is 0.136. The maximum atomic E-state index is 12.9.